The molecule has 1 saturated heterocycles. The fourth-order valence-corrected chi connectivity index (χ4v) is 13.8. The lowest BCUT2D eigenvalue weighted by Gasteiger charge is -2.44. The second-order valence-electron chi connectivity index (χ2n) is 19.3. The molecule has 2 heterocycles. The van der Waals surface area contributed by atoms with Crippen molar-refractivity contribution in [1.29, 1.82) is 0 Å². The van der Waals surface area contributed by atoms with Crippen molar-refractivity contribution in [3.8, 4) is 0 Å². The quantitative estimate of drug-likeness (QED) is 0.151. The van der Waals surface area contributed by atoms with Gasteiger partial charge in [0.25, 0.3) is 8.32 Å². The second-order valence-corrected chi connectivity index (χ2v) is 28.3. The highest BCUT2D eigenvalue weighted by molar-refractivity contribution is 6.99. The third kappa shape index (κ3) is 11.0. The molecule has 2 aromatic carbocycles. The van der Waals surface area contributed by atoms with Crippen LogP contribution in [-0.4, -0.2) is 70.7 Å². The van der Waals surface area contributed by atoms with Crippen molar-refractivity contribution >= 4 is 50.6 Å². The van der Waals surface area contributed by atoms with Crippen LogP contribution in [0.2, 0.25) is 23.2 Å². The maximum atomic E-state index is 14.6. The topological polar surface area (TPSA) is 117 Å². The number of amides is 1. The van der Waals surface area contributed by atoms with E-state index in [1.54, 1.807) is 32.9 Å². The Balaban J connectivity index is 1.91. The average Bonchev–Trinajstić information content (AvgIpc) is 3.16. The molecule has 0 aromatic heterocycles. The van der Waals surface area contributed by atoms with Gasteiger partial charge >= 0.3 is 11.9 Å². The van der Waals surface area contributed by atoms with Gasteiger partial charge in [-0.3, -0.25) is 19.2 Å². The molecule has 0 radical (unpaired) electrons. The SMILES string of the molecule is CC(=O)O[C@@H]1/C=C/C(C)=C/C[C@H](O[Si](c2ccccc2)(c2ccccc2)C(C)(C)C)/C=C/C(C)=C/[C@@H](NC(=O)[C@H](C)O[Si](C)(C)C(C)(C)C)[C@]2(C)C(=O)O[C@H](C1)[C@@H](C)C2=O. The molecule has 9 nitrogen and oxygen atoms in total. The predicted molar refractivity (Wildman–Crippen MR) is 245 cm³/mol. The molecule has 11 heteroatoms. The van der Waals surface area contributed by atoms with Crippen molar-refractivity contribution < 1.29 is 37.5 Å². The summed E-state index contributed by atoms with van der Waals surface area (Å²) in [4.78, 5) is 55.2. The molecule has 3 aliphatic rings. The minimum atomic E-state index is -3.02. The van der Waals surface area contributed by atoms with Gasteiger partial charge in [0.15, 0.2) is 14.1 Å². The molecule has 60 heavy (non-hydrogen) atoms. The van der Waals surface area contributed by atoms with E-state index in [-0.39, 0.29) is 22.3 Å². The van der Waals surface area contributed by atoms with Gasteiger partial charge in [-0.2, -0.15) is 0 Å². The molecule has 0 unspecified atom stereocenters. The normalized spacial score (nSPS) is 28.2. The third-order valence-corrected chi connectivity index (χ3v) is 22.1. The number of carbonyl (C=O) groups excluding carboxylic acids is 4. The molecular weight excluding hydrogens is 787 g/mol. The fraction of sp³-hybridized carbons (Fsp3) is 0.510. The van der Waals surface area contributed by atoms with Gasteiger partial charge in [0.1, 0.15) is 23.7 Å². The Bertz CT molecular complexity index is 1930. The Morgan fingerprint density at radius 1 is 0.850 bits per heavy atom. The number of fused-ring (bicyclic) bond motifs is 10. The van der Waals surface area contributed by atoms with Crippen molar-refractivity contribution in [2.24, 2.45) is 11.3 Å². The Labute approximate surface area is 361 Å². The van der Waals surface area contributed by atoms with Gasteiger partial charge < -0.3 is 23.6 Å². The molecule has 1 fully saturated rings. The largest absolute Gasteiger partial charge is 0.461 e. The van der Waals surface area contributed by atoms with Crippen molar-refractivity contribution in [3.63, 3.8) is 0 Å². The van der Waals surface area contributed by atoms with E-state index in [1.165, 1.54) is 6.92 Å². The predicted octanol–water partition coefficient (Wildman–Crippen LogP) is 8.69. The summed E-state index contributed by atoms with van der Waals surface area (Å²) in [6, 6.07) is 19.8. The van der Waals surface area contributed by atoms with E-state index in [9.17, 15) is 19.2 Å². The monoisotopic (exact) mass is 855 g/mol. The number of nitrogens with one attached hydrogen (secondary N) is 1. The molecule has 2 aromatic rings. The number of hydrogen-bond acceptors (Lipinski definition) is 8. The second kappa shape index (κ2) is 19.3. The molecule has 2 aliphatic heterocycles. The van der Waals surface area contributed by atoms with Crippen LogP contribution in [0.1, 0.15) is 95.9 Å². The molecule has 326 valence electrons. The first-order chi connectivity index (χ1) is 27.8. The van der Waals surface area contributed by atoms with Crippen LogP contribution in [-0.2, 0) is 37.5 Å². The zero-order valence-corrected chi connectivity index (χ0v) is 40.4. The van der Waals surface area contributed by atoms with Gasteiger partial charge in [0.2, 0.25) is 5.91 Å². The van der Waals surface area contributed by atoms with Crippen LogP contribution in [0.4, 0.5) is 0 Å². The lowest BCUT2D eigenvalue weighted by atomic mass is 9.69. The summed E-state index contributed by atoms with van der Waals surface area (Å²) in [5.74, 6) is -2.83. The molecule has 0 saturated carbocycles. The summed E-state index contributed by atoms with van der Waals surface area (Å²) in [5.41, 5.74) is -0.144. The highest BCUT2D eigenvalue weighted by Crippen LogP contribution is 2.41. The van der Waals surface area contributed by atoms with Gasteiger partial charge in [-0.15, -0.1) is 0 Å². The van der Waals surface area contributed by atoms with Crippen LogP contribution in [0.3, 0.4) is 0 Å². The Kier molecular flexibility index (Phi) is 15.6. The van der Waals surface area contributed by atoms with Crippen LogP contribution in [0.5, 0.6) is 0 Å². The standard InChI is InChI=1S/C49H69NO8Si2/c1-33-25-28-38(58-60(48(9,10)11,40-21-17-15-18-22-40)41-23-19-16-20-24-41)29-27-34(2)31-43(50-45(53)36(4)57-59(13,14)47(6,7)8)49(12)44(52)35(3)42(56-46(49)54)32-39(30-26-33)55-37(5)51/h15-27,29-31,35-36,38-39,42-43H,28,32H2,1-14H3,(H,50,53)/b29-27+,30-26+,33-25+,34-31+/t35-,36+,38+,39-,42-,43-,49+/m1/s1. The Morgan fingerprint density at radius 3 is 1.90 bits per heavy atom. The van der Waals surface area contributed by atoms with E-state index in [4.69, 9.17) is 18.3 Å². The average molecular weight is 856 g/mol. The number of esters is 2. The molecule has 2 bridgehead atoms. The first-order valence-electron chi connectivity index (χ1n) is 21.2. The van der Waals surface area contributed by atoms with Gasteiger partial charge in [0, 0.05) is 13.3 Å². The fourth-order valence-electron chi connectivity index (χ4n) is 7.83. The van der Waals surface area contributed by atoms with Crippen LogP contribution >= 0.6 is 0 Å². The summed E-state index contributed by atoms with van der Waals surface area (Å²) in [7, 11) is -5.39. The molecule has 5 rings (SSSR count). The highest BCUT2D eigenvalue weighted by atomic mass is 28.4. The molecule has 1 aliphatic carbocycles. The van der Waals surface area contributed by atoms with Crippen LogP contribution in [0.15, 0.2) is 108 Å². The van der Waals surface area contributed by atoms with Crippen molar-refractivity contribution in [3.05, 3.63) is 108 Å². The number of Topliss-reactive ketones (excluding diaryl/α,β-unsaturated/α-hetero) is 1. The van der Waals surface area contributed by atoms with Crippen LogP contribution in [0, 0.1) is 11.3 Å². The van der Waals surface area contributed by atoms with Crippen LogP contribution in [0.25, 0.3) is 0 Å². The minimum Gasteiger partial charge on any atom is -0.461 e. The van der Waals surface area contributed by atoms with Gasteiger partial charge in [-0.25, -0.2) is 0 Å². The minimum absolute atomic E-state index is 0.0858. The van der Waals surface area contributed by atoms with Crippen molar-refractivity contribution in [2.45, 2.75) is 150 Å². The maximum absolute atomic E-state index is 14.6. The lowest BCUT2D eigenvalue weighted by Crippen LogP contribution is -2.67. The summed E-state index contributed by atoms with van der Waals surface area (Å²) in [6.07, 6.45) is 9.21. The van der Waals surface area contributed by atoms with E-state index in [2.05, 4.69) is 115 Å². The number of rotatable bonds is 9. The molecule has 7 atom stereocenters. The lowest BCUT2D eigenvalue weighted by molar-refractivity contribution is -0.182. The number of benzene rings is 2. The first kappa shape index (κ1) is 48.5. The van der Waals surface area contributed by atoms with E-state index in [0.29, 0.717) is 12.0 Å². The van der Waals surface area contributed by atoms with E-state index >= 15 is 0 Å². The van der Waals surface area contributed by atoms with E-state index in [0.717, 1.165) is 15.9 Å². The molecule has 1 amide bonds. The summed E-state index contributed by atoms with van der Waals surface area (Å²) < 4.78 is 25.8. The number of ether oxygens (including phenoxy) is 2. The van der Waals surface area contributed by atoms with Crippen molar-refractivity contribution in [2.75, 3.05) is 0 Å². The zero-order valence-electron chi connectivity index (χ0n) is 38.4. The smallest absolute Gasteiger partial charge is 0.322 e. The highest BCUT2D eigenvalue weighted by Gasteiger charge is 2.57. The van der Waals surface area contributed by atoms with Gasteiger partial charge in [-0.05, 0) is 73.7 Å². The number of hydrogen-bond donors (Lipinski definition) is 1. The van der Waals surface area contributed by atoms with E-state index in [1.807, 2.05) is 44.2 Å². The van der Waals surface area contributed by atoms with Gasteiger partial charge in [0.05, 0.1) is 18.1 Å². The number of ketones is 1. The Hall–Kier alpha value is -4.17. The summed E-state index contributed by atoms with van der Waals surface area (Å²) in [6.45, 7) is 27.3. The zero-order chi connectivity index (χ0) is 44.8. The summed E-state index contributed by atoms with van der Waals surface area (Å²) >= 11 is 0. The Morgan fingerprint density at radius 2 is 1.38 bits per heavy atom. The molecule has 0 spiro atoms. The third-order valence-electron chi connectivity index (χ3n) is 12.5. The first-order valence-corrected chi connectivity index (χ1v) is 26.1. The summed E-state index contributed by atoms with van der Waals surface area (Å²) in [5, 5.41) is 4.89. The number of allylic oxidation sites excluding steroid dienone is 4. The number of carbonyl (C=O) groups is 4. The molecular formula is C49H69NO8Si2. The maximum Gasteiger partial charge on any atom is 0.322 e. The van der Waals surface area contributed by atoms with Gasteiger partial charge in [-0.1, -0.05) is 151 Å². The van der Waals surface area contributed by atoms with Crippen molar-refractivity contribution in [1.82, 2.24) is 5.32 Å². The van der Waals surface area contributed by atoms with E-state index < -0.39 is 76.3 Å². The van der Waals surface area contributed by atoms with Crippen LogP contribution < -0.4 is 15.7 Å². The molecule has 1 N–H and O–H groups in total.